The third-order valence-corrected chi connectivity index (χ3v) is 6.72. The molecule has 0 aromatic heterocycles. The van der Waals surface area contributed by atoms with Gasteiger partial charge in [0.2, 0.25) is 0 Å². The van der Waals surface area contributed by atoms with Crippen LogP contribution in [0.15, 0.2) is 36.4 Å². The first-order valence-electron chi connectivity index (χ1n) is 13.4. The topological polar surface area (TPSA) is 0 Å². The number of benzene rings is 2. The van der Waals surface area contributed by atoms with E-state index >= 15 is 0 Å². The Morgan fingerprint density at radius 2 is 0.968 bits per heavy atom. The quantitative estimate of drug-likeness (QED) is 0.157. The van der Waals surface area contributed by atoms with E-state index in [9.17, 15) is 0 Å². The van der Waals surface area contributed by atoms with Gasteiger partial charge in [-0.1, -0.05) is 140 Å². The zero-order chi connectivity index (χ0) is 21.3. The van der Waals surface area contributed by atoms with Crippen LogP contribution >= 0.6 is 0 Å². The Morgan fingerprint density at radius 1 is 0.484 bits per heavy atom. The molecule has 2 aromatic carbocycles. The monoisotopic (exact) mass is 450 g/mol. The fourth-order valence-corrected chi connectivity index (χ4v) is 4.80. The average Bonchev–Trinajstić information content (AvgIpc) is 2.78. The Bertz CT molecular complexity index is 675. The molecule has 0 bridgehead atoms. The van der Waals surface area contributed by atoms with Crippen LogP contribution in [0.2, 0.25) is 0 Å². The summed E-state index contributed by atoms with van der Waals surface area (Å²) < 4.78 is 0. The second-order valence-corrected chi connectivity index (χ2v) is 9.37. The molecule has 0 unspecified atom stereocenters. The zero-order valence-corrected chi connectivity index (χ0v) is 20.2. The number of unbranched alkanes of at least 4 members (excludes halogenated alkanes) is 14. The molecule has 2 aromatic rings. The Kier molecular flexibility index (Phi) is 18.2. The van der Waals surface area contributed by atoms with E-state index in [1.54, 1.807) is 11.1 Å². The minimum atomic E-state index is 0. The first-order chi connectivity index (χ1) is 14.9. The molecular weight excluding hydrogens is 400 g/mol. The molecule has 172 valence electrons. The molecule has 0 nitrogen and oxygen atoms in total. The van der Waals surface area contributed by atoms with Crippen LogP contribution in [0.1, 0.15) is 128 Å². The van der Waals surface area contributed by atoms with Crippen LogP contribution in [0.4, 0.5) is 0 Å². The van der Waals surface area contributed by atoms with E-state index in [-0.39, 0.29) is 37.7 Å². The van der Waals surface area contributed by atoms with Gasteiger partial charge in [-0.2, -0.15) is 0 Å². The van der Waals surface area contributed by atoms with Gasteiger partial charge in [-0.15, -0.1) is 0 Å². The van der Waals surface area contributed by atoms with E-state index in [4.69, 9.17) is 0 Å². The van der Waals surface area contributed by atoms with Crippen molar-refractivity contribution in [3.8, 4) is 0 Å². The third kappa shape index (κ3) is 12.1. The Labute approximate surface area is 224 Å². The molecule has 0 heterocycles. The summed E-state index contributed by atoms with van der Waals surface area (Å²) >= 11 is 0. The predicted octanol–water partition coefficient (Wildman–Crippen LogP) is 9.29. The maximum absolute atomic E-state index is 2.43. The van der Waals surface area contributed by atoms with Crippen LogP contribution in [0.25, 0.3) is 10.8 Å². The van der Waals surface area contributed by atoms with E-state index in [1.807, 2.05) is 0 Å². The molecule has 31 heavy (non-hydrogen) atoms. The number of hydrogen-bond donors (Lipinski definition) is 0. The molecular formula is C30H50Ca. The molecule has 0 N–H and O–H groups in total. The first-order valence-corrected chi connectivity index (χ1v) is 13.4. The molecule has 2 rings (SSSR count). The SMILES string of the molecule is CCCCCCCCCCc1ccc2ccccc2c1CCCCCCCCCC.[CaH2]. The van der Waals surface area contributed by atoms with Gasteiger partial charge in [0.25, 0.3) is 0 Å². The summed E-state index contributed by atoms with van der Waals surface area (Å²) in [7, 11) is 0. The summed E-state index contributed by atoms with van der Waals surface area (Å²) in [6.07, 6.45) is 25.0. The van der Waals surface area contributed by atoms with Crippen LogP contribution in [-0.2, 0) is 12.8 Å². The third-order valence-electron chi connectivity index (χ3n) is 6.72. The average molecular weight is 451 g/mol. The molecule has 0 radical (unpaired) electrons. The Hall–Kier alpha value is -0.0403. The fraction of sp³-hybridized carbons (Fsp3) is 0.667. The summed E-state index contributed by atoms with van der Waals surface area (Å²) in [6, 6.07) is 13.8. The summed E-state index contributed by atoms with van der Waals surface area (Å²) in [5.74, 6) is 0. The molecule has 0 aliphatic carbocycles. The van der Waals surface area contributed by atoms with E-state index in [2.05, 4.69) is 50.2 Å². The first kappa shape index (κ1) is 29.0. The van der Waals surface area contributed by atoms with Crippen molar-refractivity contribution in [3.05, 3.63) is 47.5 Å². The Morgan fingerprint density at radius 3 is 1.55 bits per heavy atom. The van der Waals surface area contributed by atoms with Gasteiger partial charge >= 0.3 is 37.7 Å². The summed E-state index contributed by atoms with van der Waals surface area (Å²) in [4.78, 5) is 0. The molecule has 0 aliphatic heterocycles. The Balaban J connectivity index is 0.00000480. The van der Waals surface area contributed by atoms with E-state index in [0.29, 0.717) is 0 Å². The summed E-state index contributed by atoms with van der Waals surface area (Å²) in [6.45, 7) is 4.60. The normalized spacial score (nSPS) is 11.0. The van der Waals surface area contributed by atoms with Gasteiger partial charge in [0, 0.05) is 0 Å². The number of hydrogen-bond acceptors (Lipinski definition) is 0. The van der Waals surface area contributed by atoms with Gasteiger partial charge in [0.15, 0.2) is 0 Å². The number of rotatable bonds is 18. The van der Waals surface area contributed by atoms with Gasteiger partial charge < -0.3 is 0 Å². The van der Waals surface area contributed by atoms with Crippen molar-refractivity contribution in [2.24, 2.45) is 0 Å². The van der Waals surface area contributed by atoms with Crippen molar-refractivity contribution in [1.82, 2.24) is 0 Å². The molecule has 0 spiro atoms. The van der Waals surface area contributed by atoms with Crippen molar-refractivity contribution in [2.45, 2.75) is 129 Å². The molecule has 0 saturated carbocycles. The molecule has 0 atom stereocenters. The molecule has 1 heteroatoms. The van der Waals surface area contributed by atoms with Gasteiger partial charge in [-0.3, -0.25) is 0 Å². The predicted molar refractivity (Wildman–Crippen MR) is 145 cm³/mol. The van der Waals surface area contributed by atoms with Crippen molar-refractivity contribution < 1.29 is 0 Å². The van der Waals surface area contributed by atoms with Gasteiger partial charge in [-0.25, -0.2) is 0 Å². The van der Waals surface area contributed by atoms with Crippen LogP contribution in [0.5, 0.6) is 0 Å². The minimum absolute atomic E-state index is 0. The van der Waals surface area contributed by atoms with Crippen molar-refractivity contribution in [1.29, 1.82) is 0 Å². The standard InChI is InChI=1S/C30H48.Ca.2H/c1-3-5-7-9-11-13-15-17-21-27-25-26-28-22-19-20-24-30(28)29(27)23-18-16-14-12-10-8-6-4-2;;;/h19-20,22,24-26H,3-18,21,23H2,1-2H3;;;. The van der Waals surface area contributed by atoms with E-state index in [1.165, 1.54) is 126 Å². The molecule has 0 fully saturated rings. The fourth-order valence-electron chi connectivity index (χ4n) is 4.80. The second-order valence-electron chi connectivity index (χ2n) is 9.37. The van der Waals surface area contributed by atoms with Gasteiger partial charge in [-0.05, 0) is 47.6 Å². The maximum atomic E-state index is 2.43. The van der Waals surface area contributed by atoms with Crippen molar-refractivity contribution >= 4 is 48.5 Å². The molecule has 0 aliphatic rings. The van der Waals surface area contributed by atoms with Crippen LogP contribution in [0.3, 0.4) is 0 Å². The zero-order valence-electron chi connectivity index (χ0n) is 20.2. The van der Waals surface area contributed by atoms with Gasteiger partial charge in [0.1, 0.15) is 0 Å². The summed E-state index contributed by atoms with van der Waals surface area (Å²) in [5, 5.41) is 2.93. The van der Waals surface area contributed by atoms with Gasteiger partial charge in [0.05, 0.1) is 0 Å². The van der Waals surface area contributed by atoms with E-state index < -0.39 is 0 Å². The number of aryl methyl sites for hydroxylation is 2. The molecule has 0 saturated heterocycles. The molecule has 0 amide bonds. The van der Waals surface area contributed by atoms with Crippen LogP contribution in [-0.4, -0.2) is 37.7 Å². The second kappa shape index (κ2) is 19.4. The van der Waals surface area contributed by atoms with E-state index in [0.717, 1.165) is 0 Å². The van der Waals surface area contributed by atoms with Crippen LogP contribution < -0.4 is 0 Å². The van der Waals surface area contributed by atoms with Crippen molar-refractivity contribution in [3.63, 3.8) is 0 Å². The summed E-state index contributed by atoms with van der Waals surface area (Å²) in [5.41, 5.74) is 3.28. The van der Waals surface area contributed by atoms with Crippen LogP contribution in [0, 0.1) is 0 Å². The number of fused-ring (bicyclic) bond motifs is 1. The van der Waals surface area contributed by atoms with Crippen molar-refractivity contribution in [2.75, 3.05) is 0 Å².